The lowest BCUT2D eigenvalue weighted by atomic mass is 10.2. The maximum absolute atomic E-state index is 11.9. The molecule has 98 valence electrons. The molecule has 1 aliphatic carbocycles. The predicted octanol–water partition coefficient (Wildman–Crippen LogP) is 2.25. The van der Waals surface area contributed by atoms with E-state index in [1.165, 1.54) is 24.8 Å². The van der Waals surface area contributed by atoms with E-state index in [2.05, 4.69) is 4.90 Å². The van der Waals surface area contributed by atoms with E-state index in [0.717, 1.165) is 36.9 Å². The van der Waals surface area contributed by atoms with Crippen LogP contribution in [0, 0.1) is 0 Å². The number of hydrogen-bond donors (Lipinski definition) is 0. The van der Waals surface area contributed by atoms with Crippen molar-refractivity contribution in [3.63, 3.8) is 0 Å². The molecule has 1 saturated carbocycles. The summed E-state index contributed by atoms with van der Waals surface area (Å²) in [6.07, 6.45) is 2.51. The highest BCUT2D eigenvalue weighted by Gasteiger charge is 2.30. The Balaban J connectivity index is 1.91. The Morgan fingerprint density at radius 3 is 2.78 bits per heavy atom. The molecule has 1 saturated heterocycles. The second kappa shape index (κ2) is 4.90. The maximum Gasteiger partial charge on any atom is 0.340 e. The molecule has 2 aliphatic rings. The minimum Gasteiger partial charge on any atom is -0.465 e. The summed E-state index contributed by atoms with van der Waals surface area (Å²) < 4.78 is 10.3. The normalized spacial score (nSPS) is 19.9. The van der Waals surface area contributed by atoms with E-state index >= 15 is 0 Å². The quantitative estimate of drug-likeness (QED) is 0.787. The molecule has 0 spiro atoms. The largest absolute Gasteiger partial charge is 0.465 e. The fraction of sp³-hybridized carbons (Fsp3) is 0.615. The number of carbonyl (C=O) groups excluding carboxylic acids is 1. The zero-order chi connectivity index (χ0) is 12.5. The van der Waals surface area contributed by atoms with Crippen molar-refractivity contribution in [3.8, 4) is 0 Å². The third-order valence-electron chi connectivity index (χ3n) is 3.41. The summed E-state index contributed by atoms with van der Waals surface area (Å²) in [5, 5.41) is 1.06. The Kier molecular flexibility index (Phi) is 3.26. The van der Waals surface area contributed by atoms with Crippen LogP contribution in [-0.4, -0.2) is 39.4 Å². The lowest BCUT2D eigenvalue weighted by molar-refractivity contribution is 0.0601. The van der Waals surface area contributed by atoms with Gasteiger partial charge in [0.25, 0.3) is 0 Å². The topological polar surface area (TPSA) is 38.8 Å². The monoisotopic (exact) mass is 267 g/mol. The van der Waals surface area contributed by atoms with Crippen LogP contribution in [0.1, 0.15) is 34.0 Å². The molecule has 3 rings (SSSR count). The highest BCUT2D eigenvalue weighted by atomic mass is 32.1. The number of morpholine rings is 1. The molecular formula is C13H17NO3S. The van der Waals surface area contributed by atoms with Gasteiger partial charge in [0.1, 0.15) is 5.00 Å². The average Bonchev–Trinajstić information content (AvgIpc) is 3.18. The zero-order valence-corrected chi connectivity index (χ0v) is 11.3. The summed E-state index contributed by atoms with van der Waals surface area (Å²) in [6, 6.07) is 2.03. The van der Waals surface area contributed by atoms with Gasteiger partial charge in [-0.15, -0.1) is 11.3 Å². The minimum absolute atomic E-state index is 0.223. The van der Waals surface area contributed by atoms with Crippen LogP contribution in [-0.2, 0) is 9.47 Å². The summed E-state index contributed by atoms with van der Waals surface area (Å²) in [7, 11) is 1.44. The first-order valence-electron chi connectivity index (χ1n) is 6.34. The van der Waals surface area contributed by atoms with E-state index < -0.39 is 0 Å². The number of anilines is 1. The fourth-order valence-electron chi connectivity index (χ4n) is 2.23. The minimum atomic E-state index is -0.223. The molecule has 18 heavy (non-hydrogen) atoms. The standard InChI is InChI=1S/C13H17NO3S/c1-16-13(15)10-8-11(9-2-3-9)18-12(10)14-4-6-17-7-5-14/h8-9H,2-7H2,1H3. The van der Waals surface area contributed by atoms with Gasteiger partial charge in [0.2, 0.25) is 0 Å². The smallest absolute Gasteiger partial charge is 0.340 e. The zero-order valence-electron chi connectivity index (χ0n) is 10.5. The average molecular weight is 267 g/mol. The molecule has 0 radical (unpaired) electrons. The maximum atomic E-state index is 11.9. The Morgan fingerprint density at radius 2 is 2.17 bits per heavy atom. The Hall–Kier alpha value is -1.07. The van der Waals surface area contributed by atoms with Crippen LogP contribution in [0.4, 0.5) is 5.00 Å². The Labute approximate surface area is 110 Å². The molecule has 0 amide bonds. The molecule has 1 aromatic rings. The first-order chi connectivity index (χ1) is 8.79. The Morgan fingerprint density at radius 1 is 1.44 bits per heavy atom. The third-order valence-corrected chi connectivity index (χ3v) is 4.77. The number of thiophene rings is 1. The number of esters is 1. The lowest BCUT2D eigenvalue weighted by Crippen LogP contribution is -2.36. The number of nitrogens with zero attached hydrogens (tertiary/aromatic N) is 1. The van der Waals surface area contributed by atoms with Gasteiger partial charge < -0.3 is 14.4 Å². The van der Waals surface area contributed by atoms with E-state index in [4.69, 9.17) is 9.47 Å². The van der Waals surface area contributed by atoms with Crippen LogP contribution in [0.5, 0.6) is 0 Å². The van der Waals surface area contributed by atoms with Crippen molar-refractivity contribution < 1.29 is 14.3 Å². The molecule has 0 atom stereocenters. The van der Waals surface area contributed by atoms with E-state index in [0.29, 0.717) is 5.92 Å². The van der Waals surface area contributed by atoms with Gasteiger partial charge in [-0.3, -0.25) is 0 Å². The van der Waals surface area contributed by atoms with Crippen molar-refractivity contribution in [2.75, 3.05) is 38.3 Å². The van der Waals surface area contributed by atoms with Gasteiger partial charge in [-0.25, -0.2) is 4.79 Å². The van der Waals surface area contributed by atoms with E-state index in [9.17, 15) is 4.79 Å². The van der Waals surface area contributed by atoms with Crippen molar-refractivity contribution in [3.05, 3.63) is 16.5 Å². The van der Waals surface area contributed by atoms with Crippen LogP contribution in [0.25, 0.3) is 0 Å². The molecular weight excluding hydrogens is 250 g/mol. The lowest BCUT2D eigenvalue weighted by Gasteiger charge is -2.28. The number of hydrogen-bond acceptors (Lipinski definition) is 5. The number of ether oxygens (including phenoxy) is 2. The highest BCUT2D eigenvalue weighted by Crippen LogP contribution is 2.46. The number of rotatable bonds is 3. The Bertz CT molecular complexity index is 447. The summed E-state index contributed by atoms with van der Waals surface area (Å²) >= 11 is 1.75. The van der Waals surface area contributed by atoms with Crippen LogP contribution < -0.4 is 4.90 Å². The van der Waals surface area contributed by atoms with Gasteiger partial charge in [-0.05, 0) is 24.8 Å². The summed E-state index contributed by atoms with van der Waals surface area (Å²) in [5.41, 5.74) is 0.728. The summed E-state index contributed by atoms with van der Waals surface area (Å²) in [5.74, 6) is 0.452. The summed E-state index contributed by atoms with van der Waals surface area (Å²) in [6.45, 7) is 3.18. The summed E-state index contributed by atoms with van der Waals surface area (Å²) in [4.78, 5) is 15.4. The van der Waals surface area contributed by atoms with Gasteiger partial charge in [0, 0.05) is 18.0 Å². The van der Waals surface area contributed by atoms with Gasteiger partial charge in [-0.2, -0.15) is 0 Å². The van der Waals surface area contributed by atoms with Crippen molar-refractivity contribution in [1.29, 1.82) is 0 Å². The molecule has 2 heterocycles. The number of methoxy groups -OCH3 is 1. The van der Waals surface area contributed by atoms with E-state index in [1.54, 1.807) is 11.3 Å². The van der Waals surface area contributed by atoms with Gasteiger partial charge in [0.05, 0.1) is 25.9 Å². The molecule has 1 aromatic heterocycles. The van der Waals surface area contributed by atoms with Gasteiger partial charge in [-0.1, -0.05) is 0 Å². The molecule has 0 N–H and O–H groups in total. The molecule has 0 bridgehead atoms. The van der Waals surface area contributed by atoms with Gasteiger partial charge >= 0.3 is 5.97 Å². The third kappa shape index (κ3) is 2.24. The second-order valence-electron chi connectivity index (χ2n) is 4.73. The van der Waals surface area contributed by atoms with Gasteiger partial charge in [0.15, 0.2) is 0 Å². The van der Waals surface area contributed by atoms with E-state index in [1.807, 2.05) is 6.07 Å². The van der Waals surface area contributed by atoms with Crippen molar-refractivity contribution in [2.45, 2.75) is 18.8 Å². The molecule has 1 aliphatic heterocycles. The SMILES string of the molecule is COC(=O)c1cc(C2CC2)sc1N1CCOCC1. The molecule has 4 nitrogen and oxygen atoms in total. The molecule has 5 heteroatoms. The van der Waals surface area contributed by atoms with Crippen molar-refractivity contribution >= 4 is 22.3 Å². The molecule has 0 unspecified atom stereocenters. The van der Waals surface area contributed by atoms with Crippen molar-refractivity contribution in [1.82, 2.24) is 0 Å². The first-order valence-corrected chi connectivity index (χ1v) is 7.16. The molecule has 0 aromatic carbocycles. The van der Waals surface area contributed by atoms with Crippen LogP contribution in [0.15, 0.2) is 6.07 Å². The fourth-order valence-corrected chi connectivity index (χ4v) is 3.59. The number of carbonyl (C=O) groups is 1. The predicted molar refractivity (Wildman–Crippen MR) is 70.7 cm³/mol. The first kappa shape index (κ1) is 12.0. The van der Waals surface area contributed by atoms with E-state index in [-0.39, 0.29) is 5.97 Å². The van der Waals surface area contributed by atoms with Crippen molar-refractivity contribution in [2.24, 2.45) is 0 Å². The van der Waals surface area contributed by atoms with Crippen LogP contribution in [0.3, 0.4) is 0 Å². The molecule has 2 fully saturated rings. The van der Waals surface area contributed by atoms with Crippen LogP contribution in [0.2, 0.25) is 0 Å². The second-order valence-corrected chi connectivity index (χ2v) is 5.80. The highest BCUT2D eigenvalue weighted by molar-refractivity contribution is 7.16. The van der Waals surface area contributed by atoms with Crippen LogP contribution >= 0.6 is 11.3 Å².